The Labute approximate surface area is 224 Å². The number of methoxy groups -OCH3 is 1. The third-order valence-corrected chi connectivity index (χ3v) is 7.47. The van der Waals surface area contributed by atoms with Crippen LogP contribution in [0.25, 0.3) is 0 Å². The van der Waals surface area contributed by atoms with Crippen molar-refractivity contribution in [2.45, 2.75) is 52.1 Å². The van der Waals surface area contributed by atoms with E-state index >= 15 is 0 Å². The Morgan fingerprint density at radius 3 is 2.58 bits per heavy atom. The summed E-state index contributed by atoms with van der Waals surface area (Å²) in [5.41, 5.74) is 1.25. The zero-order valence-corrected chi connectivity index (χ0v) is 23.3. The van der Waals surface area contributed by atoms with E-state index in [2.05, 4.69) is 5.32 Å². The SMILES string of the molecule is CCCCNC(=O)[C@H](C)N(Cc1cccc(OC)c1)C(=O)CCCN(c1ccc2c(c1)OCO2)S(C)(=O)=O. The summed E-state index contributed by atoms with van der Waals surface area (Å²) in [4.78, 5) is 27.8. The van der Waals surface area contributed by atoms with Gasteiger partial charge in [-0.25, -0.2) is 8.42 Å². The molecule has 2 aromatic carbocycles. The number of amides is 2. The van der Waals surface area contributed by atoms with E-state index in [-0.39, 0.29) is 44.5 Å². The van der Waals surface area contributed by atoms with Gasteiger partial charge in [0.2, 0.25) is 28.6 Å². The van der Waals surface area contributed by atoms with Crippen molar-refractivity contribution in [3.05, 3.63) is 48.0 Å². The fourth-order valence-corrected chi connectivity index (χ4v) is 5.09. The topological polar surface area (TPSA) is 114 Å². The zero-order chi connectivity index (χ0) is 27.7. The van der Waals surface area contributed by atoms with Crippen molar-refractivity contribution in [2.24, 2.45) is 0 Å². The highest BCUT2D eigenvalue weighted by atomic mass is 32.2. The lowest BCUT2D eigenvalue weighted by Gasteiger charge is -2.29. The van der Waals surface area contributed by atoms with Gasteiger partial charge >= 0.3 is 0 Å². The molecule has 1 N–H and O–H groups in total. The van der Waals surface area contributed by atoms with Crippen LogP contribution in [0.3, 0.4) is 0 Å². The van der Waals surface area contributed by atoms with Crippen LogP contribution >= 0.6 is 0 Å². The predicted octanol–water partition coefficient (Wildman–Crippen LogP) is 3.30. The van der Waals surface area contributed by atoms with Gasteiger partial charge in [0.1, 0.15) is 11.8 Å². The molecule has 0 fully saturated rings. The molecule has 0 unspecified atom stereocenters. The van der Waals surface area contributed by atoms with Crippen LogP contribution in [0.15, 0.2) is 42.5 Å². The molecule has 0 saturated heterocycles. The highest BCUT2D eigenvalue weighted by Crippen LogP contribution is 2.36. The van der Waals surface area contributed by atoms with E-state index < -0.39 is 16.1 Å². The molecule has 1 aliphatic heterocycles. The summed E-state index contributed by atoms with van der Waals surface area (Å²) in [7, 11) is -2.05. The summed E-state index contributed by atoms with van der Waals surface area (Å²) >= 11 is 0. The Balaban J connectivity index is 1.72. The maximum absolute atomic E-state index is 13.4. The highest BCUT2D eigenvalue weighted by Gasteiger charge is 2.27. The summed E-state index contributed by atoms with van der Waals surface area (Å²) < 4.78 is 42.4. The van der Waals surface area contributed by atoms with Crippen molar-refractivity contribution in [2.75, 3.05) is 37.6 Å². The molecule has 0 radical (unpaired) electrons. The number of hydrogen-bond donors (Lipinski definition) is 1. The number of rotatable bonds is 14. The fourth-order valence-electron chi connectivity index (χ4n) is 4.13. The molecule has 2 amide bonds. The van der Waals surface area contributed by atoms with Crippen LogP contribution in [-0.2, 0) is 26.2 Å². The van der Waals surface area contributed by atoms with Crippen molar-refractivity contribution in [1.29, 1.82) is 0 Å². The first-order valence-electron chi connectivity index (χ1n) is 12.7. The number of ether oxygens (including phenoxy) is 3. The van der Waals surface area contributed by atoms with Gasteiger partial charge in [0.05, 0.1) is 19.1 Å². The monoisotopic (exact) mass is 547 g/mol. The number of nitrogens with one attached hydrogen (secondary N) is 1. The van der Waals surface area contributed by atoms with E-state index in [1.165, 1.54) is 9.21 Å². The molecule has 1 aliphatic rings. The minimum Gasteiger partial charge on any atom is -0.497 e. The first-order chi connectivity index (χ1) is 18.1. The number of fused-ring (bicyclic) bond motifs is 1. The first kappa shape index (κ1) is 29.1. The molecule has 11 heteroatoms. The molecule has 0 bridgehead atoms. The van der Waals surface area contributed by atoms with Crippen molar-refractivity contribution >= 4 is 27.5 Å². The van der Waals surface area contributed by atoms with Gasteiger partial charge in [-0.3, -0.25) is 13.9 Å². The molecule has 0 aromatic heterocycles. The summed E-state index contributed by atoms with van der Waals surface area (Å²) in [6.45, 7) is 4.68. The second-order valence-electron chi connectivity index (χ2n) is 9.17. The Kier molecular flexibility index (Phi) is 10.2. The molecule has 1 heterocycles. The molecule has 10 nitrogen and oxygen atoms in total. The number of anilines is 1. The van der Waals surface area contributed by atoms with Gasteiger partial charge < -0.3 is 24.4 Å². The van der Waals surface area contributed by atoms with Gasteiger partial charge in [-0.1, -0.05) is 25.5 Å². The summed E-state index contributed by atoms with van der Waals surface area (Å²) in [5.74, 6) is 1.21. The van der Waals surface area contributed by atoms with Gasteiger partial charge in [-0.15, -0.1) is 0 Å². The van der Waals surface area contributed by atoms with Crippen molar-refractivity contribution in [1.82, 2.24) is 10.2 Å². The van der Waals surface area contributed by atoms with Crippen molar-refractivity contribution < 1.29 is 32.2 Å². The number of carbonyl (C=O) groups is 2. The largest absolute Gasteiger partial charge is 0.497 e. The number of unbranched alkanes of at least 4 members (excludes halogenated alkanes) is 1. The average molecular weight is 548 g/mol. The molecule has 38 heavy (non-hydrogen) atoms. The fraction of sp³-hybridized carbons (Fsp3) is 0.481. The zero-order valence-electron chi connectivity index (χ0n) is 22.4. The van der Waals surface area contributed by atoms with Crippen LogP contribution in [0.2, 0.25) is 0 Å². The van der Waals surface area contributed by atoms with Gasteiger partial charge in [0.25, 0.3) is 0 Å². The van der Waals surface area contributed by atoms with Gasteiger partial charge in [-0.05, 0) is 49.6 Å². The van der Waals surface area contributed by atoms with E-state index in [0.717, 1.165) is 24.7 Å². The smallest absolute Gasteiger partial charge is 0.242 e. The normalized spacial score (nSPS) is 13.1. The Morgan fingerprint density at radius 1 is 1.11 bits per heavy atom. The lowest BCUT2D eigenvalue weighted by molar-refractivity contribution is -0.140. The number of benzene rings is 2. The lowest BCUT2D eigenvalue weighted by Crippen LogP contribution is -2.48. The van der Waals surface area contributed by atoms with E-state index in [1.807, 2.05) is 31.2 Å². The summed E-state index contributed by atoms with van der Waals surface area (Å²) in [6.07, 6.45) is 3.24. The van der Waals surface area contributed by atoms with Crippen LogP contribution in [0.4, 0.5) is 5.69 Å². The van der Waals surface area contributed by atoms with Crippen molar-refractivity contribution in [3.8, 4) is 17.2 Å². The maximum atomic E-state index is 13.4. The number of hydrogen-bond acceptors (Lipinski definition) is 7. The molecular weight excluding hydrogens is 510 g/mol. The Hall–Kier alpha value is -3.47. The van der Waals surface area contributed by atoms with Gasteiger partial charge in [-0.2, -0.15) is 0 Å². The first-order valence-corrected chi connectivity index (χ1v) is 14.6. The highest BCUT2D eigenvalue weighted by molar-refractivity contribution is 7.92. The Bertz CT molecular complexity index is 1220. The van der Waals surface area contributed by atoms with E-state index in [4.69, 9.17) is 14.2 Å². The molecule has 3 rings (SSSR count). The molecule has 1 atom stereocenters. The van der Waals surface area contributed by atoms with Crippen LogP contribution in [0.1, 0.15) is 45.1 Å². The van der Waals surface area contributed by atoms with Crippen LogP contribution in [0, 0.1) is 0 Å². The summed E-state index contributed by atoms with van der Waals surface area (Å²) in [5, 5.41) is 2.90. The number of nitrogens with zero attached hydrogens (tertiary/aromatic N) is 2. The van der Waals surface area contributed by atoms with Gasteiger partial charge in [0, 0.05) is 32.1 Å². The predicted molar refractivity (Wildman–Crippen MR) is 145 cm³/mol. The molecular formula is C27H37N3O7S. The van der Waals surface area contributed by atoms with Crippen molar-refractivity contribution in [3.63, 3.8) is 0 Å². The van der Waals surface area contributed by atoms with Crippen LogP contribution in [0.5, 0.6) is 17.2 Å². The third kappa shape index (κ3) is 7.77. The number of carbonyl (C=O) groups excluding carboxylic acids is 2. The second-order valence-corrected chi connectivity index (χ2v) is 11.1. The molecule has 208 valence electrons. The van der Waals surface area contributed by atoms with E-state index in [0.29, 0.717) is 29.5 Å². The van der Waals surface area contributed by atoms with Gasteiger partial charge in [0.15, 0.2) is 11.5 Å². The second kappa shape index (κ2) is 13.4. The third-order valence-electron chi connectivity index (χ3n) is 6.28. The number of sulfonamides is 1. The Morgan fingerprint density at radius 2 is 1.87 bits per heavy atom. The average Bonchev–Trinajstić information content (AvgIpc) is 3.36. The van der Waals surface area contributed by atoms with Crippen LogP contribution in [-0.4, -0.2) is 64.4 Å². The molecule has 0 spiro atoms. The quantitative estimate of drug-likeness (QED) is 0.361. The minimum atomic E-state index is -3.62. The molecule has 0 aliphatic carbocycles. The van der Waals surface area contributed by atoms with E-state index in [1.54, 1.807) is 32.2 Å². The lowest BCUT2D eigenvalue weighted by atomic mass is 10.1. The molecule has 0 saturated carbocycles. The maximum Gasteiger partial charge on any atom is 0.242 e. The standard InChI is InChI=1S/C27H37N3O7S/c1-5-6-14-28-27(32)20(2)29(18-21-9-7-10-23(16-21)35-3)26(31)11-8-15-30(38(4,33)34)22-12-13-24-25(17-22)37-19-36-24/h7,9-10,12-13,16-17,20H,5-6,8,11,14-15,18-19H2,1-4H3,(H,28,32)/t20-/m0/s1. The molecule has 2 aromatic rings. The minimum absolute atomic E-state index is 0.0626. The summed E-state index contributed by atoms with van der Waals surface area (Å²) in [6, 6.07) is 11.6. The van der Waals surface area contributed by atoms with Crippen LogP contribution < -0.4 is 23.8 Å². The van der Waals surface area contributed by atoms with E-state index in [9.17, 15) is 18.0 Å².